The predicted molar refractivity (Wildman–Crippen MR) is 105 cm³/mol. The molecule has 0 aliphatic carbocycles. The minimum atomic E-state index is -0.133. The van der Waals surface area contributed by atoms with Crippen molar-refractivity contribution < 1.29 is 14.3 Å². The van der Waals surface area contributed by atoms with E-state index in [4.69, 9.17) is 4.74 Å². The maximum absolute atomic E-state index is 11.2. The normalized spacial score (nSPS) is 10.8. The van der Waals surface area contributed by atoms with Crippen molar-refractivity contribution in [3.05, 3.63) is 70.8 Å². The van der Waals surface area contributed by atoms with Gasteiger partial charge in [0.1, 0.15) is 6.29 Å². The van der Waals surface area contributed by atoms with Crippen LogP contribution >= 0.6 is 0 Å². The van der Waals surface area contributed by atoms with Gasteiger partial charge in [0.25, 0.3) is 0 Å². The largest absolute Gasteiger partial charge is 0.466 e. The molecule has 136 valence electrons. The van der Waals surface area contributed by atoms with Gasteiger partial charge in [-0.1, -0.05) is 60.7 Å². The van der Waals surface area contributed by atoms with Gasteiger partial charge in [-0.15, -0.1) is 0 Å². The zero-order valence-electron chi connectivity index (χ0n) is 15.1. The fourth-order valence-electron chi connectivity index (χ4n) is 2.45. The molecular formula is C22H25NO3. The second-order valence-electron chi connectivity index (χ2n) is 5.94. The van der Waals surface area contributed by atoms with Crippen molar-refractivity contribution in [1.29, 1.82) is 0 Å². The second-order valence-corrected chi connectivity index (χ2v) is 5.94. The quantitative estimate of drug-likeness (QED) is 0.303. The van der Waals surface area contributed by atoms with Gasteiger partial charge in [0.15, 0.2) is 0 Å². The first-order valence-corrected chi connectivity index (χ1v) is 8.90. The molecule has 0 unspecified atom stereocenters. The van der Waals surface area contributed by atoms with Crippen molar-refractivity contribution >= 4 is 24.4 Å². The van der Waals surface area contributed by atoms with Crippen LogP contribution in [-0.2, 0) is 16.1 Å². The summed E-state index contributed by atoms with van der Waals surface area (Å²) in [6, 6.07) is 15.8. The standard InChI is InChI=1S/C22H25NO3/c1-2-26-22(25)4-3-15-23-16-20-11-7-18(8-12-20)5-6-19-9-13-21(17-24)14-10-19/h5-14,17,23H,2-4,15-16H2,1H3/b6-5+. The Balaban J connectivity index is 1.74. The van der Waals surface area contributed by atoms with Crippen molar-refractivity contribution in [2.45, 2.75) is 26.3 Å². The number of esters is 1. The van der Waals surface area contributed by atoms with Crippen LogP contribution in [0.25, 0.3) is 12.2 Å². The lowest BCUT2D eigenvalue weighted by Crippen LogP contribution is -2.16. The van der Waals surface area contributed by atoms with Gasteiger partial charge < -0.3 is 10.1 Å². The lowest BCUT2D eigenvalue weighted by atomic mass is 10.1. The van der Waals surface area contributed by atoms with E-state index in [1.165, 1.54) is 5.56 Å². The zero-order chi connectivity index (χ0) is 18.6. The van der Waals surface area contributed by atoms with Gasteiger partial charge in [-0.3, -0.25) is 9.59 Å². The van der Waals surface area contributed by atoms with Crippen molar-refractivity contribution in [3.63, 3.8) is 0 Å². The van der Waals surface area contributed by atoms with Crippen LogP contribution in [0, 0.1) is 0 Å². The Morgan fingerprint density at radius 1 is 0.962 bits per heavy atom. The molecule has 0 atom stereocenters. The molecule has 0 radical (unpaired) electrons. The highest BCUT2D eigenvalue weighted by Gasteiger charge is 2.00. The highest BCUT2D eigenvalue weighted by molar-refractivity contribution is 5.76. The fourth-order valence-corrected chi connectivity index (χ4v) is 2.45. The molecule has 4 heteroatoms. The van der Waals surface area contributed by atoms with Gasteiger partial charge >= 0.3 is 5.97 Å². The SMILES string of the molecule is CCOC(=O)CCCNCc1ccc(/C=C/c2ccc(C=O)cc2)cc1. The first-order chi connectivity index (χ1) is 12.7. The lowest BCUT2D eigenvalue weighted by Gasteiger charge is -2.05. The Labute approximate surface area is 154 Å². The summed E-state index contributed by atoms with van der Waals surface area (Å²) >= 11 is 0. The maximum Gasteiger partial charge on any atom is 0.305 e. The summed E-state index contributed by atoms with van der Waals surface area (Å²) < 4.78 is 4.90. The maximum atomic E-state index is 11.2. The van der Waals surface area contributed by atoms with Crippen LogP contribution < -0.4 is 5.32 Å². The van der Waals surface area contributed by atoms with Crippen molar-refractivity contribution in [1.82, 2.24) is 5.32 Å². The fraction of sp³-hybridized carbons (Fsp3) is 0.273. The zero-order valence-corrected chi connectivity index (χ0v) is 15.1. The molecule has 0 aromatic heterocycles. The summed E-state index contributed by atoms with van der Waals surface area (Å²) in [5.41, 5.74) is 4.06. The van der Waals surface area contributed by atoms with E-state index in [1.54, 1.807) is 0 Å². The molecule has 0 saturated carbocycles. The predicted octanol–water partition coefficient (Wildman–Crippen LogP) is 4.10. The highest BCUT2D eigenvalue weighted by atomic mass is 16.5. The number of hydrogen-bond donors (Lipinski definition) is 1. The third-order valence-electron chi connectivity index (χ3n) is 3.89. The van der Waals surface area contributed by atoms with E-state index < -0.39 is 0 Å². The molecule has 1 N–H and O–H groups in total. The smallest absolute Gasteiger partial charge is 0.305 e. The summed E-state index contributed by atoms with van der Waals surface area (Å²) in [4.78, 5) is 21.9. The van der Waals surface area contributed by atoms with Gasteiger partial charge in [0.05, 0.1) is 6.61 Å². The second kappa shape index (κ2) is 11.0. The van der Waals surface area contributed by atoms with E-state index >= 15 is 0 Å². The van der Waals surface area contributed by atoms with Gasteiger partial charge in [-0.05, 0) is 36.6 Å². The van der Waals surface area contributed by atoms with Crippen LogP contribution in [0.4, 0.5) is 0 Å². The molecule has 0 saturated heterocycles. The summed E-state index contributed by atoms with van der Waals surface area (Å²) in [5.74, 6) is -0.133. The lowest BCUT2D eigenvalue weighted by molar-refractivity contribution is -0.143. The Bertz CT molecular complexity index is 718. The number of carbonyl (C=O) groups excluding carboxylic acids is 2. The average molecular weight is 351 g/mol. The summed E-state index contributed by atoms with van der Waals surface area (Å²) in [7, 11) is 0. The van der Waals surface area contributed by atoms with E-state index in [0.717, 1.165) is 36.9 Å². The average Bonchev–Trinajstić information content (AvgIpc) is 2.67. The van der Waals surface area contributed by atoms with Crippen LogP contribution in [0.2, 0.25) is 0 Å². The molecule has 26 heavy (non-hydrogen) atoms. The van der Waals surface area contributed by atoms with Crippen molar-refractivity contribution in [2.24, 2.45) is 0 Å². The molecule has 2 aromatic rings. The van der Waals surface area contributed by atoms with E-state index in [0.29, 0.717) is 18.6 Å². The topological polar surface area (TPSA) is 55.4 Å². The van der Waals surface area contributed by atoms with Crippen LogP contribution in [0.15, 0.2) is 48.5 Å². The number of ether oxygens (including phenoxy) is 1. The van der Waals surface area contributed by atoms with Gasteiger partial charge in [-0.2, -0.15) is 0 Å². The Morgan fingerprint density at radius 3 is 2.12 bits per heavy atom. The minimum Gasteiger partial charge on any atom is -0.466 e. The van der Waals surface area contributed by atoms with Crippen LogP contribution in [0.1, 0.15) is 46.8 Å². The molecule has 4 nitrogen and oxygen atoms in total. The van der Waals surface area contributed by atoms with Crippen LogP contribution in [0.3, 0.4) is 0 Å². The number of carbonyl (C=O) groups is 2. The van der Waals surface area contributed by atoms with Crippen LogP contribution in [0.5, 0.6) is 0 Å². The number of benzene rings is 2. The molecule has 0 heterocycles. The third-order valence-corrected chi connectivity index (χ3v) is 3.89. The van der Waals surface area contributed by atoms with Gasteiger partial charge in [0.2, 0.25) is 0 Å². The molecule has 0 bridgehead atoms. The summed E-state index contributed by atoms with van der Waals surface area (Å²) in [6.07, 6.45) is 6.15. The molecule has 0 fully saturated rings. The summed E-state index contributed by atoms with van der Waals surface area (Å²) in [6.45, 7) is 3.83. The molecule has 0 aliphatic rings. The van der Waals surface area contributed by atoms with Crippen LogP contribution in [-0.4, -0.2) is 25.4 Å². The molecule has 0 amide bonds. The Morgan fingerprint density at radius 2 is 1.54 bits per heavy atom. The third kappa shape index (κ3) is 7.03. The van der Waals surface area contributed by atoms with Gasteiger partial charge in [-0.25, -0.2) is 0 Å². The van der Waals surface area contributed by atoms with E-state index in [9.17, 15) is 9.59 Å². The molecular weight excluding hydrogens is 326 g/mol. The molecule has 0 spiro atoms. The number of aldehydes is 1. The van der Waals surface area contributed by atoms with Crippen molar-refractivity contribution in [3.8, 4) is 0 Å². The van der Waals surface area contributed by atoms with Crippen molar-refractivity contribution in [2.75, 3.05) is 13.2 Å². The number of rotatable bonds is 10. The first-order valence-electron chi connectivity index (χ1n) is 8.90. The molecule has 2 rings (SSSR count). The monoisotopic (exact) mass is 351 g/mol. The molecule has 2 aromatic carbocycles. The Kier molecular flexibility index (Phi) is 8.30. The summed E-state index contributed by atoms with van der Waals surface area (Å²) in [5, 5.41) is 3.33. The number of nitrogens with one attached hydrogen (secondary N) is 1. The number of hydrogen-bond acceptors (Lipinski definition) is 4. The van der Waals surface area contributed by atoms with E-state index in [1.807, 2.05) is 43.3 Å². The van der Waals surface area contributed by atoms with Gasteiger partial charge in [0, 0.05) is 18.5 Å². The van der Waals surface area contributed by atoms with E-state index in [-0.39, 0.29) is 5.97 Å². The highest BCUT2D eigenvalue weighted by Crippen LogP contribution is 2.10. The molecule has 0 aliphatic heterocycles. The Hall–Kier alpha value is -2.72. The minimum absolute atomic E-state index is 0.133. The first kappa shape index (κ1) is 19.6. The van der Waals surface area contributed by atoms with E-state index in [2.05, 4.69) is 29.6 Å².